The number of benzene rings is 5. The van der Waals surface area contributed by atoms with Crippen LogP contribution in [0.15, 0.2) is 78.9 Å². The van der Waals surface area contributed by atoms with E-state index < -0.39 is 12.1 Å². The van der Waals surface area contributed by atoms with Gasteiger partial charge in [-0.15, -0.1) is 0 Å². The SMILES string of the molecule is O=C(Oc1cccc2cc3ccc4cc5ccccc5cc4c3cc12)C(F)(F)F. The Morgan fingerprint density at radius 3 is 1.86 bits per heavy atom. The van der Waals surface area contributed by atoms with E-state index in [1.807, 2.05) is 42.5 Å². The third kappa shape index (κ3) is 2.95. The Morgan fingerprint density at radius 2 is 1.17 bits per heavy atom. The predicted molar refractivity (Wildman–Crippen MR) is 108 cm³/mol. The Labute approximate surface area is 163 Å². The average Bonchev–Trinajstić information content (AvgIpc) is 2.70. The molecule has 0 aliphatic heterocycles. The molecule has 0 aliphatic rings. The summed E-state index contributed by atoms with van der Waals surface area (Å²) < 4.78 is 42.7. The number of carbonyl (C=O) groups is 1. The third-order valence-corrected chi connectivity index (χ3v) is 5.10. The van der Waals surface area contributed by atoms with Crippen molar-refractivity contribution in [3.8, 4) is 5.75 Å². The highest BCUT2D eigenvalue weighted by molar-refractivity contribution is 6.15. The standard InChI is InChI=1S/C24H13F3O2/c25-24(26,27)23(28)29-22-7-3-6-16-11-18-9-8-17-10-14-4-1-2-5-15(14)12-19(17)20(18)13-21(16)22/h1-13H. The van der Waals surface area contributed by atoms with Gasteiger partial charge in [0.2, 0.25) is 0 Å². The molecule has 5 rings (SSSR count). The molecule has 2 nitrogen and oxygen atoms in total. The van der Waals surface area contributed by atoms with E-state index in [1.165, 1.54) is 6.07 Å². The summed E-state index contributed by atoms with van der Waals surface area (Å²) in [4.78, 5) is 11.4. The van der Waals surface area contributed by atoms with Crippen LogP contribution in [0.2, 0.25) is 0 Å². The predicted octanol–water partition coefficient (Wildman–Crippen LogP) is 6.77. The van der Waals surface area contributed by atoms with Gasteiger partial charge in [0.25, 0.3) is 0 Å². The topological polar surface area (TPSA) is 26.3 Å². The molecule has 29 heavy (non-hydrogen) atoms. The second-order valence-electron chi connectivity index (χ2n) is 6.92. The van der Waals surface area contributed by atoms with E-state index in [1.54, 1.807) is 18.2 Å². The summed E-state index contributed by atoms with van der Waals surface area (Å²) in [5.74, 6) is -2.33. The Bertz CT molecular complexity index is 1440. The number of carbonyl (C=O) groups excluding carboxylic acids is 1. The fourth-order valence-corrected chi connectivity index (χ4v) is 3.74. The molecular formula is C24H13F3O2. The van der Waals surface area contributed by atoms with Crippen molar-refractivity contribution in [2.24, 2.45) is 0 Å². The molecule has 0 atom stereocenters. The molecule has 5 aromatic rings. The second kappa shape index (κ2) is 6.21. The molecule has 0 bridgehead atoms. The van der Waals surface area contributed by atoms with E-state index in [4.69, 9.17) is 0 Å². The lowest BCUT2D eigenvalue weighted by Crippen LogP contribution is -2.28. The van der Waals surface area contributed by atoms with Crippen molar-refractivity contribution in [3.63, 3.8) is 0 Å². The highest BCUT2D eigenvalue weighted by Gasteiger charge is 2.41. The van der Waals surface area contributed by atoms with E-state index >= 15 is 0 Å². The molecule has 0 unspecified atom stereocenters. The van der Waals surface area contributed by atoms with Crippen LogP contribution < -0.4 is 4.74 Å². The van der Waals surface area contributed by atoms with Gasteiger partial charge in [0, 0.05) is 5.39 Å². The number of hydrogen-bond acceptors (Lipinski definition) is 2. The molecule has 0 spiro atoms. The van der Waals surface area contributed by atoms with E-state index in [-0.39, 0.29) is 5.75 Å². The minimum atomic E-state index is -5.05. The van der Waals surface area contributed by atoms with Crippen LogP contribution in [0.5, 0.6) is 5.75 Å². The summed E-state index contributed by atoms with van der Waals surface area (Å²) in [6, 6.07) is 24.6. The van der Waals surface area contributed by atoms with E-state index in [2.05, 4.69) is 16.9 Å². The van der Waals surface area contributed by atoms with Crippen LogP contribution in [-0.2, 0) is 4.79 Å². The van der Waals surface area contributed by atoms with Gasteiger partial charge in [0.05, 0.1) is 0 Å². The third-order valence-electron chi connectivity index (χ3n) is 5.10. The number of esters is 1. The van der Waals surface area contributed by atoms with Crippen molar-refractivity contribution >= 4 is 49.1 Å². The molecule has 0 saturated carbocycles. The first kappa shape index (κ1) is 17.5. The summed E-state index contributed by atoms with van der Waals surface area (Å²) in [5.41, 5.74) is 0. The van der Waals surface area contributed by atoms with Crippen LogP contribution in [-0.4, -0.2) is 12.1 Å². The van der Waals surface area contributed by atoms with E-state index in [0.717, 1.165) is 32.3 Å². The largest absolute Gasteiger partial charge is 0.491 e. The van der Waals surface area contributed by atoms with Gasteiger partial charge in [-0.3, -0.25) is 0 Å². The maximum atomic E-state index is 12.7. The first-order valence-corrected chi connectivity index (χ1v) is 8.97. The molecule has 0 aromatic heterocycles. The lowest BCUT2D eigenvalue weighted by molar-refractivity contribution is -0.189. The van der Waals surface area contributed by atoms with Gasteiger partial charge < -0.3 is 4.74 Å². The minimum absolute atomic E-state index is 0.107. The number of fused-ring (bicyclic) bond motifs is 5. The Hall–Kier alpha value is -3.60. The quantitative estimate of drug-likeness (QED) is 0.137. The lowest BCUT2D eigenvalue weighted by Gasteiger charge is -2.12. The maximum absolute atomic E-state index is 12.7. The second-order valence-corrected chi connectivity index (χ2v) is 6.92. The molecule has 5 aromatic carbocycles. The van der Waals surface area contributed by atoms with Crippen LogP contribution in [0.25, 0.3) is 43.1 Å². The first-order chi connectivity index (χ1) is 13.9. The van der Waals surface area contributed by atoms with Crippen LogP contribution in [0.1, 0.15) is 0 Å². The number of halogens is 3. The zero-order valence-electron chi connectivity index (χ0n) is 15.0. The summed E-state index contributed by atoms with van der Waals surface area (Å²) in [6.07, 6.45) is -5.05. The molecule has 0 fully saturated rings. The van der Waals surface area contributed by atoms with Crippen molar-refractivity contribution in [2.75, 3.05) is 0 Å². The van der Waals surface area contributed by atoms with Crippen LogP contribution in [0.4, 0.5) is 13.2 Å². The number of alkyl halides is 3. The Balaban J connectivity index is 1.79. The number of ether oxygens (including phenoxy) is 1. The number of hydrogen-bond donors (Lipinski definition) is 0. The molecule has 0 saturated heterocycles. The fourth-order valence-electron chi connectivity index (χ4n) is 3.74. The smallest absolute Gasteiger partial charge is 0.419 e. The summed E-state index contributed by atoms with van der Waals surface area (Å²) in [6.45, 7) is 0. The summed E-state index contributed by atoms with van der Waals surface area (Å²) in [7, 11) is 0. The molecule has 0 heterocycles. The van der Waals surface area contributed by atoms with Crippen molar-refractivity contribution in [3.05, 3.63) is 78.9 Å². The zero-order chi connectivity index (χ0) is 20.2. The Kier molecular flexibility index (Phi) is 3.74. The summed E-state index contributed by atoms with van der Waals surface area (Å²) >= 11 is 0. The van der Waals surface area contributed by atoms with Gasteiger partial charge in [-0.25, -0.2) is 4.79 Å². The van der Waals surface area contributed by atoms with Crippen LogP contribution in [0.3, 0.4) is 0 Å². The molecule has 5 heteroatoms. The average molecular weight is 390 g/mol. The first-order valence-electron chi connectivity index (χ1n) is 8.97. The molecule has 0 amide bonds. The van der Waals surface area contributed by atoms with Gasteiger partial charge >= 0.3 is 12.1 Å². The van der Waals surface area contributed by atoms with E-state index in [0.29, 0.717) is 10.8 Å². The van der Waals surface area contributed by atoms with Crippen LogP contribution >= 0.6 is 0 Å². The van der Waals surface area contributed by atoms with Gasteiger partial charge in [-0.1, -0.05) is 48.5 Å². The van der Waals surface area contributed by atoms with Gasteiger partial charge in [-0.2, -0.15) is 13.2 Å². The molecule has 142 valence electrons. The fraction of sp³-hybridized carbons (Fsp3) is 0.0417. The minimum Gasteiger partial charge on any atom is -0.419 e. The lowest BCUT2D eigenvalue weighted by atomic mass is 9.96. The van der Waals surface area contributed by atoms with Crippen molar-refractivity contribution < 1.29 is 22.7 Å². The highest BCUT2D eigenvalue weighted by atomic mass is 19.4. The molecule has 0 radical (unpaired) electrons. The van der Waals surface area contributed by atoms with Gasteiger partial charge in [-0.05, 0) is 68.0 Å². The van der Waals surface area contributed by atoms with Crippen molar-refractivity contribution in [2.45, 2.75) is 6.18 Å². The molecule has 0 N–H and O–H groups in total. The highest BCUT2D eigenvalue weighted by Crippen LogP contribution is 2.35. The van der Waals surface area contributed by atoms with E-state index in [9.17, 15) is 18.0 Å². The molecule has 0 aliphatic carbocycles. The van der Waals surface area contributed by atoms with Crippen molar-refractivity contribution in [1.82, 2.24) is 0 Å². The summed E-state index contributed by atoms with van der Waals surface area (Å²) in [5, 5.41) is 7.20. The zero-order valence-corrected chi connectivity index (χ0v) is 15.0. The monoisotopic (exact) mass is 390 g/mol. The molecular weight excluding hydrogens is 377 g/mol. The van der Waals surface area contributed by atoms with Gasteiger partial charge in [0.15, 0.2) is 0 Å². The normalized spacial score (nSPS) is 12.1. The van der Waals surface area contributed by atoms with Crippen LogP contribution in [0, 0.1) is 0 Å². The van der Waals surface area contributed by atoms with Gasteiger partial charge in [0.1, 0.15) is 5.75 Å². The van der Waals surface area contributed by atoms with Crippen molar-refractivity contribution in [1.29, 1.82) is 0 Å². The Morgan fingerprint density at radius 1 is 0.621 bits per heavy atom. The number of rotatable bonds is 1. The maximum Gasteiger partial charge on any atom is 0.491 e.